The van der Waals surface area contributed by atoms with Crippen molar-refractivity contribution in [2.24, 2.45) is 0 Å². The van der Waals surface area contributed by atoms with Gasteiger partial charge in [0.2, 0.25) is 11.8 Å². The molecule has 2 aromatic rings. The molecule has 0 bridgehead atoms. The molecule has 1 heterocycles. The molecule has 24 heavy (non-hydrogen) atoms. The van der Waals surface area contributed by atoms with E-state index < -0.39 is 10.8 Å². The van der Waals surface area contributed by atoms with Crippen LogP contribution in [0.1, 0.15) is 37.3 Å². The monoisotopic (exact) mass is 348 g/mol. The van der Waals surface area contributed by atoms with E-state index >= 15 is 0 Å². The Balaban J connectivity index is 2.01. The maximum absolute atomic E-state index is 12.2. The molecule has 0 saturated heterocycles. The van der Waals surface area contributed by atoms with Crippen molar-refractivity contribution in [1.82, 2.24) is 10.3 Å². The van der Waals surface area contributed by atoms with Crippen LogP contribution in [-0.2, 0) is 21.3 Å². The molecule has 2 atom stereocenters. The van der Waals surface area contributed by atoms with Gasteiger partial charge in [-0.05, 0) is 39.3 Å². The summed E-state index contributed by atoms with van der Waals surface area (Å²) >= 11 is 0. The van der Waals surface area contributed by atoms with Gasteiger partial charge in [-0.1, -0.05) is 24.6 Å². The molecule has 1 aromatic heterocycles. The summed E-state index contributed by atoms with van der Waals surface area (Å²) in [5.41, 5.74) is 2.69. The fourth-order valence-electron chi connectivity index (χ4n) is 2.15. The number of aromatic nitrogens is 1. The van der Waals surface area contributed by atoms with E-state index in [2.05, 4.69) is 10.3 Å². The summed E-state index contributed by atoms with van der Waals surface area (Å²) < 4.78 is 17.9. The second-order valence-corrected chi connectivity index (χ2v) is 7.45. The third kappa shape index (κ3) is 5.03. The summed E-state index contributed by atoms with van der Waals surface area (Å²) in [6, 6.07) is 7.97. The van der Waals surface area contributed by atoms with Crippen LogP contribution in [0.15, 0.2) is 28.7 Å². The molecule has 1 aromatic carbocycles. The van der Waals surface area contributed by atoms with Crippen LogP contribution in [0.25, 0.3) is 11.5 Å². The number of hydrogen-bond donors (Lipinski definition) is 1. The van der Waals surface area contributed by atoms with Crippen LogP contribution in [0.3, 0.4) is 0 Å². The van der Waals surface area contributed by atoms with Gasteiger partial charge in [-0.2, -0.15) is 0 Å². The lowest BCUT2D eigenvalue weighted by Crippen LogP contribution is -2.35. The Labute approximate surface area is 145 Å². The molecule has 0 aliphatic heterocycles. The van der Waals surface area contributed by atoms with Crippen molar-refractivity contribution in [3.05, 3.63) is 41.3 Å². The quantitative estimate of drug-likeness (QED) is 0.834. The minimum absolute atomic E-state index is 0.0174. The van der Waals surface area contributed by atoms with Gasteiger partial charge in [-0.15, -0.1) is 0 Å². The van der Waals surface area contributed by atoms with Gasteiger partial charge in [0.25, 0.3) is 0 Å². The predicted molar refractivity (Wildman–Crippen MR) is 96.0 cm³/mol. The third-order valence-corrected chi connectivity index (χ3v) is 4.98. The Bertz CT molecular complexity index is 722. The Morgan fingerprint density at radius 3 is 2.58 bits per heavy atom. The predicted octanol–water partition coefficient (Wildman–Crippen LogP) is 3.12. The number of hydrogen-bond acceptors (Lipinski definition) is 4. The fraction of sp³-hybridized carbons (Fsp3) is 0.444. The second kappa shape index (κ2) is 8.24. The van der Waals surface area contributed by atoms with E-state index in [-0.39, 0.29) is 23.5 Å². The van der Waals surface area contributed by atoms with Crippen molar-refractivity contribution in [3.8, 4) is 11.5 Å². The maximum Gasteiger partial charge on any atom is 0.232 e. The molecule has 1 amide bonds. The molecule has 0 aliphatic carbocycles. The van der Waals surface area contributed by atoms with E-state index in [0.29, 0.717) is 17.3 Å². The van der Waals surface area contributed by atoms with Crippen molar-refractivity contribution in [2.75, 3.05) is 5.75 Å². The minimum atomic E-state index is -1.31. The van der Waals surface area contributed by atoms with Gasteiger partial charge in [0.15, 0.2) is 0 Å². The first kappa shape index (κ1) is 18.4. The molecule has 130 valence electrons. The van der Waals surface area contributed by atoms with Crippen LogP contribution in [0.5, 0.6) is 0 Å². The molecule has 5 nitrogen and oxygen atoms in total. The SMILES string of the molecule is CC[C@@H](C)NC(=O)C[S@](=O)Cc1nc(-c2ccc(C)cc2)oc1C. The van der Waals surface area contributed by atoms with Gasteiger partial charge in [0, 0.05) is 22.4 Å². The van der Waals surface area contributed by atoms with Crippen molar-refractivity contribution >= 4 is 16.7 Å². The van der Waals surface area contributed by atoms with E-state index in [4.69, 9.17) is 4.42 Å². The Morgan fingerprint density at radius 2 is 1.96 bits per heavy atom. The number of nitrogens with one attached hydrogen (secondary N) is 1. The molecule has 6 heteroatoms. The number of aryl methyl sites for hydroxylation is 2. The van der Waals surface area contributed by atoms with Gasteiger partial charge >= 0.3 is 0 Å². The highest BCUT2D eigenvalue weighted by atomic mass is 32.2. The molecular formula is C18H24N2O3S. The summed E-state index contributed by atoms with van der Waals surface area (Å²) in [7, 11) is -1.31. The van der Waals surface area contributed by atoms with Crippen molar-refractivity contribution in [3.63, 3.8) is 0 Å². The van der Waals surface area contributed by atoms with E-state index in [1.54, 1.807) is 6.92 Å². The van der Waals surface area contributed by atoms with Gasteiger partial charge in [-0.3, -0.25) is 9.00 Å². The topological polar surface area (TPSA) is 72.2 Å². The number of rotatable bonds is 7. The number of benzene rings is 1. The van der Waals surface area contributed by atoms with Crippen molar-refractivity contribution in [1.29, 1.82) is 0 Å². The first-order valence-corrected chi connectivity index (χ1v) is 9.55. The van der Waals surface area contributed by atoms with Gasteiger partial charge in [0.1, 0.15) is 11.5 Å². The lowest BCUT2D eigenvalue weighted by molar-refractivity contribution is -0.119. The molecule has 0 unspecified atom stereocenters. The highest BCUT2D eigenvalue weighted by Crippen LogP contribution is 2.22. The van der Waals surface area contributed by atoms with Crippen LogP contribution in [0.2, 0.25) is 0 Å². The number of carbonyl (C=O) groups is 1. The van der Waals surface area contributed by atoms with Gasteiger partial charge in [-0.25, -0.2) is 4.98 Å². The Morgan fingerprint density at radius 1 is 1.29 bits per heavy atom. The minimum Gasteiger partial charge on any atom is -0.441 e. The lowest BCUT2D eigenvalue weighted by atomic mass is 10.1. The molecule has 0 fully saturated rings. The standard InChI is InChI=1S/C18H24N2O3S/c1-5-13(3)19-17(21)11-24(22)10-16-14(4)23-18(20-16)15-8-6-12(2)7-9-15/h6-9,13H,5,10-11H2,1-4H3,(H,19,21)/t13-,24-/m1/s1. The molecule has 0 radical (unpaired) electrons. The van der Waals surface area contributed by atoms with E-state index in [1.807, 2.05) is 45.0 Å². The van der Waals surface area contributed by atoms with Crippen LogP contribution in [0, 0.1) is 13.8 Å². The van der Waals surface area contributed by atoms with Crippen LogP contribution in [-0.4, -0.2) is 26.9 Å². The largest absolute Gasteiger partial charge is 0.441 e. The summed E-state index contributed by atoms with van der Waals surface area (Å²) in [5, 5.41) is 2.82. The zero-order chi connectivity index (χ0) is 17.7. The Kier molecular flexibility index (Phi) is 6.31. The summed E-state index contributed by atoms with van der Waals surface area (Å²) in [6.45, 7) is 7.74. The average Bonchev–Trinajstić information content (AvgIpc) is 2.88. The van der Waals surface area contributed by atoms with Gasteiger partial charge in [0.05, 0.1) is 11.4 Å². The lowest BCUT2D eigenvalue weighted by Gasteiger charge is -2.10. The van der Waals surface area contributed by atoms with E-state index in [1.165, 1.54) is 0 Å². The normalized spacial score (nSPS) is 13.5. The highest BCUT2D eigenvalue weighted by Gasteiger charge is 2.16. The average molecular weight is 348 g/mol. The molecule has 0 saturated carbocycles. The highest BCUT2D eigenvalue weighted by molar-refractivity contribution is 7.84. The molecule has 0 spiro atoms. The summed E-state index contributed by atoms with van der Waals surface area (Å²) in [4.78, 5) is 16.3. The molecule has 1 N–H and O–H groups in total. The number of carbonyl (C=O) groups excluding carboxylic acids is 1. The van der Waals surface area contributed by atoms with E-state index in [0.717, 1.165) is 17.5 Å². The summed E-state index contributed by atoms with van der Waals surface area (Å²) in [5.74, 6) is 1.17. The van der Waals surface area contributed by atoms with E-state index in [9.17, 15) is 9.00 Å². The first-order chi connectivity index (χ1) is 11.4. The zero-order valence-electron chi connectivity index (χ0n) is 14.6. The Hall–Kier alpha value is -1.95. The van der Waals surface area contributed by atoms with Gasteiger partial charge < -0.3 is 9.73 Å². The molecular weight excluding hydrogens is 324 g/mol. The third-order valence-electron chi connectivity index (χ3n) is 3.80. The number of amides is 1. The molecule has 0 aliphatic rings. The molecule has 2 rings (SSSR count). The zero-order valence-corrected chi connectivity index (χ0v) is 15.4. The first-order valence-electron chi connectivity index (χ1n) is 8.06. The maximum atomic E-state index is 12.2. The smallest absolute Gasteiger partial charge is 0.232 e. The van der Waals surface area contributed by atoms with Crippen molar-refractivity contribution in [2.45, 2.75) is 45.9 Å². The van der Waals surface area contributed by atoms with Crippen LogP contribution < -0.4 is 5.32 Å². The van der Waals surface area contributed by atoms with Crippen LogP contribution in [0.4, 0.5) is 0 Å². The number of oxazole rings is 1. The second-order valence-electron chi connectivity index (χ2n) is 5.99. The van der Waals surface area contributed by atoms with Crippen LogP contribution >= 0.6 is 0 Å². The fourth-order valence-corrected chi connectivity index (χ4v) is 3.20. The summed E-state index contributed by atoms with van der Waals surface area (Å²) in [6.07, 6.45) is 0.848. The van der Waals surface area contributed by atoms with Crippen molar-refractivity contribution < 1.29 is 13.4 Å². The number of nitrogens with zero attached hydrogens (tertiary/aromatic N) is 1.